The van der Waals surface area contributed by atoms with E-state index in [2.05, 4.69) is 66.8 Å². The molecule has 4 rings (SSSR count). The second kappa shape index (κ2) is 5.39. The normalized spacial score (nSPS) is 30.6. The Morgan fingerprint density at radius 2 is 1.61 bits per heavy atom. The number of hydrogen-bond donors (Lipinski definition) is 0. The van der Waals surface area contributed by atoms with Crippen LogP contribution < -0.4 is 0 Å². The Morgan fingerprint density at radius 1 is 0.833 bits per heavy atom. The van der Waals surface area contributed by atoms with Crippen LogP contribution in [0.5, 0.6) is 0 Å². The van der Waals surface area contributed by atoms with Gasteiger partial charge in [-0.1, -0.05) is 66.8 Å². The van der Waals surface area contributed by atoms with Gasteiger partial charge in [-0.25, -0.2) is 0 Å². The van der Waals surface area contributed by atoms with Crippen molar-refractivity contribution in [3.63, 3.8) is 0 Å². The second-order valence-corrected chi connectivity index (χ2v) is 5.39. The zero-order valence-corrected chi connectivity index (χ0v) is 10.7. The van der Waals surface area contributed by atoms with Crippen molar-refractivity contribution in [3.05, 3.63) is 72.4 Å². The highest BCUT2D eigenvalue weighted by atomic mass is 14.4. The SMILES string of the molecule is C1=CC2CC1CC2c1ccccc1.C1=CCC=C1. The monoisotopic (exact) mass is 236 g/mol. The molecular formula is C18H20. The summed E-state index contributed by atoms with van der Waals surface area (Å²) >= 11 is 0. The standard InChI is InChI=1S/C13H14.C5H6/c1-2-4-11(5-3-1)13-9-10-6-7-12(13)8-10;1-2-4-5-3-1/h1-7,10,12-13H,8-9H2;1-4H,5H2. The summed E-state index contributed by atoms with van der Waals surface area (Å²) in [5, 5.41) is 0. The molecule has 1 aromatic carbocycles. The van der Waals surface area contributed by atoms with Crippen molar-refractivity contribution in [3.8, 4) is 0 Å². The third-order valence-corrected chi connectivity index (χ3v) is 4.16. The third kappa shape index (κ3) is 2.48. The Kier molecular flexibility index (Phi) is 3.45. The van der Waals surface area contributed by atoms with Crippen molar-refractivity contribution in [2.24, 2.45) is 11.8 Å². The molecule has 0 aliphatic heterocycles. The largest absolute Gasteiger partial charge is 0.0851 e. The van der Waals surface area contributed by atoms with Gasteiger partial charge in [-0.05, 0) is 42.6 Å². The van der Waals surface area contributed by atoms with E-state index in [9.17, 15) is 0 Å². The van der Waals surface area contributed by atoms with Crippen LogP contribution in [-0.4, -0.2) is 0 Å². The van der Waals surface area contributed by atoms with Gasteiger partial charge >= 0.3 is 0 Å². The van der Waals surface area contributed by atoms with E-state index in [1.165, 1.54) is 12.8 Å². The fraction of sp³-hybridized carbons (Fsp3) is 0.333. The summed E-state index contributed by atoms with van der Waals surface area (Å²) in [6.45, 7) is 0. The molecule has 2 bridgehead atoms. The van der Waals surface area contributed by atoms with Crippen LogP contribution in [0.3, 0.4) is 0 Å². The molecule has 92 valence electrons. The molecule has 0 radical (unpaired) electrons. The third-order valence-electron chi connectivity index (χ3n) is 4.16. The number of hydrogen-bond acceptors (Lipinski definition) is 0. The van der Waals surface area contributed by atoms with Crippen LogP contribution in [0.1, 0.15) is 30.7 Å². The van der Waals surface area contributed by atoms with Crippen LogP contribution in [0, 0.1) is 11.8 Å². The lowest BCUT2D eigenvalue weighted by Gasteiger charge is -2.17. The highest BCUT2D eigenvalue weighted by Gasteiger charge is 2.35. The zero-order valence-electron chi connectivity index (χ0n) is 10.7. The van der Waals surface area contributed by atoms with Crippen molar-refractivity contribution < 1.29 is 0 Å². The summed E-state index contributed by atoms with van der Waals surface area (Å²) in [6, 6.07) is 11.0. The molecule has 0 spiro atoms. The number of rotatable bonds is 1. The molecule has 0 aromatic heterocycles. The molecule has 0 saturated heterocycles. The van der Waals surface area contributed by atoms with Gasteiger partial charge in [0.2, 0.25) is 0 Å². The number of benzene rings is 1. The van der Waals surface area contributed by atoms with Gasteiger partial charge in [-0.3, -0.25) is 0 Å². The summed E-state index contributed by atoms with van der Waals surface area (Å²) < 4.78 is 0. The van der Waals surface area contributed by atoms with Gasteiger partial charge in [-0.15, -0.1) is 0 Å². The molecule has 1 aromatic rings. The predicted molar refractivity (Wildman–Crippen MR) is 77.4 cm³/mol. The molecular weight excluding hydrogens is 216 g/mol. The molecule has 0 amide bonds. The molecule has 0 N–H and O–H groups in total. The minimum absolute atomic E-state index is 0.816. The summed E-state index contributed by atoms with van der Waals surface area (Å²) in [6.07, 6.45) is 17.1. The first-order chi connectivity index (χ1) is 8.93. The average Bonchev–Trinajstić information content (AvgIpc) is 3.18. The van der Waals surface area contributed by atoms with Crippen LogP contribution in [0.4, 0.5) is 0 Å². The lowest BCUT2D eigenvalue weighted by molar-refractivity contribution is 0.585. The minimum Gasteiger partial charge on any atom is -0.0851 e. The van der Waals surface area contributed by atoms with E-state index in [0.29, 0.717) is 0 Å². The quantitative estimate of drug-likeness (QED) is 0.610. The van der Waals surface area contributed by atoms with E-state index in [4.69, 9.17) is 0 Å². The maximum Gasteiger partial charge on any atom is -0.00932 e. The highest BCUT2D eigenvalue weighted by molar-refractivity contribution is 5.27. The summed E-state index contributed by atoms with van der Waals surface area (Å²) in [5.41, 5.74) is 1.54. The van der Waals surface area contributed by atoms with E-state index in [1.54, 1.807) is 5.56 Å². The fourth-order valence-electron chi connectivity index (χ4n) is 3.26. The van der Waals surface area contributed by atoms with E-state index in [-0.39, 0.29) is 0 Å². The molecule has 1 saturated carbocycles. The van der Waals surface area contributed by atoms with Crippen LogP contribution in [0.2, 0.25) is 0 Å². The highest BCUT2D eigenvalue weighted by Crippen LogP contribution is 2.48. The maximum absolute atomic E-state index is 2.42. The average molecular weight is 236 g/mol. The minimum atomic E-state index is 0.816. The van der Waals surface area contributed by atoms with Crippen LogP contribution in [-0.2, 0) is 0 Å². The predicted octanol–water partition coefficient (Wildman–Crippen LogP) is 4.87. The van der Waals surface area contributed by atoms with Gasteiger partial charge in [0, 0.05) is 0 Å². The second-order valence-electron chi connectivity index (χ2n) is 5.39. The van der Waals surface area contributed by atoms with Crippen LogP contribution in [0.25, 0.3) is 0 Å². The van der Waals surface area contributed by atoms with Gasteiger partial charge in [0.25, 0.3) is 0 Å². The summed E-state index contributed by atoms with van der Waals surface area (Å²) in [7, 11) is 0. The molecule has 1 fully saturated rings. The van der Waals surface area contributed by atoms with E-state index >= 15 is 0 Å². The molecule has 0 heteroatoms. The first-order valence-corrected chi connectivity index (χ1v) is 6.98. The van der Waals surface area contributed by atoms with E-state index in [0.717, 1.165) is 24.2 Å². The zero-order chi connectivity index (χ0) is 12.2. The molecule has 3 atom stereocenters. The van der Waals surface area contributed by atoms with E-state index in [1.807, 2.05) is 0 Å². The Bertz CT molecular complexity index is 454. The Hall–Kier alpha value is -1.56. The van der Waals surface area contributed by atoms with E-state index < -0.39 is 0 Å². The lowest BCUT2D eigenvalue weighted by atomic mass is 9.87. The molecule has 3 unspecified atom stereocenters. The van der Waals surface area contributed by atoms with Gasteiger partial charge < -0.3 is 0 Å². The smallest absolute Gasteiger partial charge is 0.00932 e. The number of fused-ring (bicyclic) bond motifs is 2. The van der Waals surface area contributed by atoms with Gasteiger partial charge in [0.05, 0.1) is 0 Å². The van der Waals surface area contributed by atoms with Crippen molar-refractivity contribution in [1.82, 2.24) is 0 Å². The number of allylic oxidation sites excluding steroid dienone is 6. The molecule has 3 aliphatic carbocycles. The lowest BCUT2D eigenvalue weighted by Crippen LogP contribution is -2.04. The van der Waals surface area contributed by atoms with Gasteiger partial charge in [0.15, 0.2) is 0 Å². The molecule has 18 heavy (non-hydrogen) atoms. The van der Waals surface area contributed by atoms with Gasteiger partial charge in [0.1, 0.15) is 0 Å². The topological polar surface area (TPSA) is 0 Å². The first-order valence-electron chi connectivity index (χ1n) is 6.98. The van der Waals surface area contributed by atoms with Crippen molar-refractivity contribution in [2.45, 2.75) is 25.2 Å². The first kappa shape index (κ1) is 11.5. The maximum atomic E-state index is 2.42. The van der Waals surface area contributed by atoms with Crippen LogP contribution in [0.15, 0.2) is 66.8 Å². The Morgan fingerprint density at radius 3 is 2.11 bits per heavy atom. The molecule has 0 heterocycles. The fourth-order valence-corrected chi connectivity index (χ4v) is 3.26. The summed E-state index contributed by atoms with van der Waals surface area (Å²) in [5.74, 6) is 2.54. The molecule has 0 nitrogen and oxygen atoms in total. The van der Waals surface area contributed by atoms with Crippen LogP contribution >= 0.6 is 0 Å². The van der Waals surface area contributed by atoms with Crippen molar-refractivity contribution in [1.29, 1.82) is 0 Å². The summed E-state index contributed by atoms with van der Waals surface area (Å²) in [4.78, 5) is 0. The Labute approximate surface area is 110 Å². The van der Waals surface area contributed by atoms with Crippen molar-refractivity contribution >= 4 is 0 Å². The van der Waals surface area contributed by atoms with Crippen molar-refractivity contribution in [2.75, 3.05) is 0 Å². The van der Waals surface area contributed by atoms with Gasteiger partial charge in [-0.2, -0.15) is 0 Å². The molecule has 3 aliphatic rings. The Balaban J connectivity index is 0.000000169.